The van der Waals surface area contributed by atoms with E-state index in [9.17, 15) is 0 Å². The van der Waals surface area contributed by atoms with Gasteiger partial charge in [0.05, 0.1) is 12.4 Å². The van der Waals surface area contributed by atoms with Crippen LogP contribution in [0.4, 0.5) is 0 Å². The van der Waals surface area contributed by atoms with Crippen molar-refractivity contribution in [3.8, 4) is 0 Å². The van der Waals surface area contributed by atoms with Crippen LogP contribution in [0.3, 0.4) is 0 Å². The van der Waals surface area contributed by atoms with Gasteiger partial charge in [0.15, 0.2) is 0 Å². The van der Waals surface area contributed by atoms with E-state index in [-0.39, 0.29) is 50.1 Å². The van der Waals surface area contributed by atoms with Gasteiger partial charge in [0.25, 0.3) is 8.32 Å². The molecule has 0 aliphatic carbocycles. The quantitative estimate of drug-likeness (QED) is 0.196. The van der Waals surface area contributed by atoms with E-state index < -0.39 is 8.32 Å². The van der Waals surface area contributed by atoms with E-state index in [4.69, 9.17) is 37.1 Å². The van der Waals surface area contributed by atoms with Crippen LogP contribution in [0.2, 0.25) is 5.04 Å². The topological polar surface area (TPSA) is 138 Å². The second kappa shape index (κ2) is 33.7. The predicted octanol–water partition coefficient (Wildman–Crippen LogP) is 5.99. The summed E-state index contributed by atoms with van der Waals surface area (Å²) in [5, 5.41) is 2.52. The van der Waals surface area contributed by atoms with E-state index in [0.29, 0.717) is 6.61 Å². The fraction of sp³-hybridized carbons (Fsp3) is 0.371. The summed E-state index contributed by atoms with van der Waals surface area (Å²) in [6.07, 6.45) is 11.8. The third-order valence-electron chi connectivity index (χ3n) is 5.84. The maximum atomic E-state index is 7.50. The molecule has 2 aromatic rings. The second-order valence-electron chi connectivity index (χ2n) is 10.9. The van der Waals surface area contributed by atoms with E-state index in [1.807, 2.05) is 0 Å². The number of ether oxygens (including phenoxy) is 1. The van der Waals surface area contributed by atoms with Crippen molar-refractivity contribution in [2.24, 2.45) is 5.41 Å². The van der Waals surface area contributed by atoms with Crippen molar-refractivity contribution in [3.05, 3.63) is 125 Å². The Hall–Kier alpha value is -2.65. The molecule has 46 heavy (non-hydrogen) atoms. The van der Waals surface area contributed by atoms with Crippen molar-refractivity contribution in [1.82, 2.24) is 0 Å². The summed E-state index contributed by atoms with van der Waals surface area (Å²) in [5.74, 6) is 1.08. The minimum absolute atomic E-state index is 0. The smallest absolute Gasteiger partial charge is 0 e. The largest absolute Gasteiger partial charge is 0 e. The van der Waals surface area contributed by atoms with E-state index in [0.717, 1.165) is 25.0 Å². The van der Waals surface area contributed by atoms with Crippen molar-refractivity contribution < 1.29 is 70.6 Å². The molecule has 0 spiro atoms. The molecular formula is C35H38Co2O8Si. The van der Waals surface area contributed by atoms with Crippen LogP contribution in [-0.4, -0.2) is 21.0 Å². The van der Waals surface area contributed by atoms with Gasteiger partial charge >= 0.3 is 67.8 Å². The molecule has 1 unspecified atom stereocenters. The zero-order valence-corrected chi connectivity index (χ0v) is 29.8. The minimum atomic E-state index is -2.54. The number of hydrogen-bond donors (Lipinski definition) is 0. The van der Waals surface area contributed by atoms with Crippen LogP contribution in [0.1, 0.15) is 60.8 Å². The van der Waals surface area contributed by atoms with Gasteiger partial charge in [0.2, 0.25) is 0 Å². The van der Waals surface area contributed by atoms with Gasteiger partial charge in [-0.05, 0) is 45.8 Å². The van der Waals surface area contributed by atoms with Crippen LogP contribution >= 0.6 is 0 Å². The standard InChI is InChI=1S/C29H38O2Si.6CO.2Co/c1-28(2,3)23-25-16-13-15-24(31-25)17-14-22-30-32(29(4,5)6,26-18-9-7-10-19-26)27-20-11-8-12-21-27;6*1-2;;/h7-12,16,18-21,24H,13,15,22-23H2,1-6H3;;;;;;;;. The van der Waals surface area contributed by atoms with Crippen LogP contribution in [0.5, 0.6) is 0 Å². The fourth-order valence-corrected chi connectivity index (χ4v) is 8.93. The SMILES string of the molecule is CC(C)(C)CC1=CCCC([C]=[C]CO[Si](c2ccccc2)(c2ccccc2)C(C)(C)C)O1.[C-]#[O+].[C-]#[O+].[C-]#[O+].[C-]#[O+].[C-]#[O+].[C-]#[O+].[Co].[Co]. The van der Waals surface area contributed by atoms with Gasteiger partial charge in [-0.25, -0.2) is 0 Å². The Balaban J connectivity index is -0.000000256. The minimum Gasteiger partial charge on any atom is 0 e. The summed E-state index contributed by atoms with van der Waals surface area (Å²) < 4.78 is 58.0. The first-order chi connectivity index (χ1) is 21.1. The van der Waals surface area contributed by atoms with E-state index >= 15 is 0 Å². The van der Waals surface area contributed by atoms with Gasteiger partial charge in [-0.15, -0.1) is 0 Å². The Labute approximate surface area is 296 Å². The van der Waals surface area contributed by atoms with E-state index in [1.54, 1.807) is 0 Å². The van der Waals surface area contributed by atoms with Crippen LogP contribution in [0.25, 0.3) is 0 Å². The van der Waals surface area contributed by atoms with Gasteiger partial charge in [-0.3, -0.25) is 0 Å². The van der Waals surface area contributed by atoms with Gasteiger partial charge in [-0.2, -0.15) is 0 Å². The maximum absolute atomic E-state index is 7.50. The molecule has 8 nitrogen and oxygen atoms in total. The number of benzene rings is 2. The molecule has 0 bridgehead atoms. The van der Waals surface area contributed by atoms with E-state index in [1.165, 1.54) is 10.4 Å². The molecule has 0 saturated carbocycles. The van der Waals surface area contributed by atoms with Crippen molar-refractivity contribution in [3.63, 3.8) is 0 Å². The molecule has 1 atom stereocenters. The molecule has 0 aromatic heterocycles. The Bertz CT molecular complexity index is 1100. The van der Waals surface area contributed by atoms with Crippen molar-refractivity contribution in [2.75, 3.05) is 6.61 Å². The molecule has 2 aromatic carbocycles. The first-order valence-electron chi connectivity index (χ1n) is 12.9. The van der Waals surface area contributed by atoms with Gasteiger partial charge in [-0.1, -0.05) is 102 Å². The predicted molar refractivity (Wildman–Crippen MR) is 160 cm³/mol. The molecule has 0 fully saturated rings. The molecule has 0 saturated heterocycles. The Morgan fingerprint density at radius 1 is 0.717 bits per heavy atom. The summed E-state index contributed by atoms with van der Waals surface area (Å²) in [6, 6.07) is 21.4. The number of hydrogen-bond acceptors (Lipinski definition) is 2. The molecule has 0 amide bonds. The summed E-state index contributed by atoms with van der Waals surface area (Å²) in [6.45, 7) is 41.0. The van der Waals surface area contributed by atoms with Crippen LogP contribution < -0.4 is 10.4 Å². The maximum Gasteiger partial charge on any atom is 0 e. The zero-order valence-electron chi connectivity index (χ0n) is 26.7. The van der Waals surface area contributed by atoms with Gasteiger partial charge < -0.3 is 9.16 Å². The van der Waals surface area contributed by atoms with E-state index in [2.05, 4.69) is 160 Å². The molecule has 1 aliphatic heterocycles. The fourth-order valence-electron chi connectivity index (χ4n) is 4.49. The molecule has 0 N–H and O–H groups in total. The van der Waals surface area contributed by atoms with Crippen molar-refractivity contribution in [1.29, 1.82) is 0 Å². The van der Waals surface area contributed by atoms with Crippen LogP contribution in [0, 0.1) is 57.5 Å². The normalized spacial score (nSPS) is 12.7. The average Bonchev–Trinajstić information content (AvgIpc) is 3.06. The molecule has 4 radical (unpaired) electrons. The van der Waals surface area contributed by atoms with Crippen molar-refractivity contribution >= 4 is 18.7 Å². The molecule has 1 aliphatic rings. The Kier molecular flexibility index (Phi) is 40.8. The Morgan fingerprint density at radius 3 is 1.46 bits per heavy atom. The summed E-state index contributed by atoms with van der Waals surface area (Å²) in [5.41, 5.74) is 0.216. The third kappa shape index (κ3) is 20.5. The molecule has 1 heterocycles. The molecular weight excluding hydrogens is 694 g/mol. The van der Waals surface area contributed by atoms with Crippen LogP contribution in [-0.2, 0) is 70.6 Å². The summed E-state index contributed by atoms with van der Waals surface area (Å²) in [7, 11) is -2.54. The first-order valence-corrected chi connectivity index (χ1v) is 14.8. The van der Waals surface area contributed by atoms with Gasteiger partial charge in [0.1, 0.15) is 6.10 Å². The first kappa shape index (κ1) is 55.7. The number of rotatable bonds is 7. The zero-order chi connectivity index (χ0) is 35.2. The number of allylic oxidation sites excluding steroid dienone is 2. The Morgan fingerprint density at radius 2 is 1.11 bits per heavy atom. The summed E-state index contributed by atoms with van der Waals surface area (Å²) in [4.78, 5) is 0. The average molecular weight is 733 g/mol. The monoisotopic (exact) mass is 732 g/mol. The third-order valence-corrected chi connectivity index (χ3v) is 10.8. The molecule has 11 heteroatoms. The van der Waals surface area contributed by atoms with Crippen molar-refractivity contribution in [2.45, 2.75) is 71.9 Å². The van der Waals surface area contributed by atoms with Gasteiger partial charge in [0, 0.05) is 46.1 Å². The summed E-state index contributed by atoms with van der Waals surface area (Å²) >= 11 is 0. The second-order valence-corrected chi connectivity index (χ2v) is 15.2. The molecule has 3 rings (SSSR count). The molecule has 248 valence electrons. The van der Waals surface area contributed by atoms with Crippen LogP contribution in [0.15, 0.2) is 72.5 Å².